The van der Waals surface area contributed by atoms with Crippen molar-refractivity contribution in [1.82, 2.24) is 14.5 Å². The number of carbonyl (C=O) groups excluding carboxylic acids is 1. The van der Waals surface area contributed by atoms with E-state index in [-0.39, 0.29) is 23.5 Å². The minimum atomic E-state index is -0.646. The molecule has 0 aliphatic heterocycles. The van der Waals surface area contributed by atoms with Crippen molar-refractivity contribution in [1.29, 1.82) is 0 Å². The van der Waals surface area contributed by atoms with Crippen LogP contribution >= 0.6 is 0 Å². The molecule has 0 saturated heterocycles. The summed E-state index contributed by atoms with van der Waals surface area (Å²) in [6.07, 6.45) is 2.02. The first-order chi connectivity index (χ1) is 20.1. The molecule has 11 nitrogen and oxygen atoms in total. The fourth-order valence-electron chi connectivity index (χ4n) is 4.83. The maximum Gasteiger partial charge on any atom is 0.345 e. The van der Waals surface area contributed by atoms with Crippen LogP contribution < -0.4 is 31.3 Å². The lowest BCUT2D eigenvalue weighted by Crippen LogP contribution is -2.28. The van der Waals surface area contributed by atoms with E-state index < -0.39 is 5.97 Å². The summed E-state index contributed by atoms with van der Waals surface area (Å²) < 4.78 is 18.3. The van der Waals surface area contributed by atoms with Crippen molar-refractivity contribution < 1.29 is 19.0 Å². The van der Waals surface area contributed by atoms with Gasteiger partial charge in [0.15, 0.2) is 11.5 Å². The SMILES string of the molecule is CCOC(=O)c1c(N(C)C)n(CC)c2cc(C#Cc3cc(Cc4cnc(N)nc4N)cc(OC)c3OC)ccc2c1=O. The van der Waals surface area contributed by atoms with Gasteiger partial charge in [0.2, 0.25) is 11.4 Å². The zero-order chi connectivity index (χ0) is 30.6. The van der Waals surface area contributed by atoms with Crippen molar-refractivity contribution in [2.75, 3.05) is 51.3 Å². The molecule has 0 fully saturated rings. The number of nitrogen functional groups attached to an aromatic ring is 2. The van der Waals surface area contributed by atoms with E-state index in [0.717, 1.165) is 5.56 Å². The molecule has 2 heterocycles. The molecular weight excluding hydrogens is 536 g/mol. The van der Waals surface area contributed by atoms with Crippen LogP contribution in [0.15, 0.2) is 41.3 Å². The van der Waals surface area contributed by atoms with Gasteiger partial charge in [0.1, 0.15) is 17.2 Å². The predicted octanol–water partition coefficient (Wildman–Crippen LogP) is 3.23. The number of hydrogen-bond donors (Lipinski definition) is 2. The number of aromatic nitrogens is 3. The zero-order valence-corrected chi connectivity index (χ0v) is 24.6. The molecule has 0 atom stereocenters. The van der Waals surface area contributed by atoms with Gasteiger partial charge >= 0.3 is 5.97 Å². The molecule has 0 radical (unpaired) electrons. The van der Waals surface area contributed by atoms with Gasteiger partial charge in [-0.15, -0.1) is 0 Å². The molecule has 0 aliphatic rings. The summed E-state index contributed by atoms with van der Waals surface area (Å²) in [5.74, 6) is 7.61. The second kappa shape index (κ2) is 12.5. The Morgan fingerprint density at radius 3 is 2.45 bits per heavy atom. The van der Waals surface area contributed by atoms with Gasteiger partial charge < -0.3 is 35.1 Å². The number of carbonyl (C=O) groups is 1. The number of pyridine rings is 1. The third-order valence-electron chi connectivity index (χ3n) is 6.65. The zero-order valence-electron chi connectivity index (χ0n) is 24.6. The highest BCUT2D eigenvalue weighted by atomic mass is 16.5. The van der Waals surface area contributed by atoms with E-state index in [2.05, 4.69) is 21.8 Å². The van der Waals surface area contributed by atoms with E-state index in [4.69, 9.17) is 25.7 Å². The minimum Gasteiger partial charge on any atom is -0.493 e. The third kappa shape index (κ3) is 5.78. The Labute approximate surface area is 244 Å². The number of hydrogen-bond acceptors (Lipinski definition) is 10. The van der Waals surface area contributed by atoms with E-state index in [1.807, 2.05) is 29.7 Å². The Hall–Kier alpha value is -5.24. The molecule has 4 rings (SSSR count). The molecule has 4 aromatic rings. The Morgan fingerprint density at radius 2 is 1.83 bits per heavy atom. The predicted molar refractivity (Wildman–Crippen MR) is 163 cm³/mol. The number of fused-ring (bicyclic) bond motifs is 1. The number of nitrogens with two attached hydrogens (primary N) is 2. The average Bonchev–Trinajstić information content (AvgIpc) is 2.96. The summed E-state index contributed by atoms with van der Waals surface area (Å²) in [5.41, 5.74) is 14.8. The largest absolute Gasteiger partial charge is 0.493 e. The molecule has 2 aromatic heterocycles. The number of methoxy groups -OCH3 is 2. The Kier molecular flexibility index (Phi) is 8.86. The van der Waals surface area contributed by atoms with E-state index in [1.54, 1.807) is 58.5 Å². The highest BCUT2D eigenvalue weighted by Gasteiger charge is 2.24. The molecule has 218 valence electrons. The van der Waals surface area contributed by atoms with Crippen molar-refractivity contribution in [2.45, 2.75) is 26.8 Å². The Bertz CT molecular complexity index is 1790. The molecule has 0 spiro atoms. The summed E-state index contributed by atoms with van der Waals surface area (Å²) in [6.45, 7) is 4.34. The van der Waals surface area contributed by atoms with Crippen LogP contribution in [-0.4, -0.2) is 55.4 Å². The van der Waals surface area contributed by atoms with Gasteiger partial charge in [-0.2, -0.15) is 4.98 Å². The molecule has 11 heteroatoms. The topological polar surface area (TPSA) is 148 Å². The first-order valence-corrected chi connectivity index (χ1v) is 13.3. The molecule has 0 unspecified atom stereocenters. The first kappa shape index (κ1) is 29.7. The van der Waals surface area contributed by atoms with Gasteiger partial charge in [0.05, 0.1) is 31.9 Å². The Balaban J connectivity index is 1.85. The van der Waals surface area contributed by atoms with Crippen molar-refractivity contribution in [2.24, 2.45) is 0 Å². The summed E-state index contributed by atoms with van der Waals surface area (Å²) in [7, 11) is 6.68. The van der Waals surface area contributed by atoms with Crippen LogP contribution in [0.5, 0.6) is 11.5 Å². The van der Waals surface area contributed by atoms with Gasteiger partial charge in [0.25, 0.3) is 0 Å². The highest BCUT2D eigenvalue weighted by molar-refractivity contribution is 5.99. The summed E-state index contributed by atoms with van der Waals surface area (Å²) >= 11 is 0. The highest BCUT2D eigenvalue weighted by Crippen LogP contribution is 2.33. The van der Waals surface area contributed by atoms with Crippen molar-refractivity contribution >= 4 is 34.5 Å². The minimum absolute atomic E-state index is 0.0100. The van der Waals surface area contributed by atoms with Gasteiger partial charge in [-0.1, -0.05) is 11.8 Å². The van der Waals surface area contributed by atoms with Gasteiger partial charge in [-0.05, 0) is 49.7 Å². The van der Waals surface area contributed by atoms with Crippen molar-refractivity contribution in [3.63, 3.8) is 0 Å². The number of ether oxygens (including phenoxy) is 3. The molecule has 0 saturated carbocycles. The summed E-state index contributed by atoms with van der Waals surface area (Å²) in [4.78, 5) is 36.1. The first-order valence-electron chi connectivity index (χ1n) is 13.3. The normalized spacial score (nSPS) is 10.6. The van der Waals surface area contributed by atoms with Crippen molar-refractivity contribution in [3.8, 4) is 23.3 Å². The van der Waals surface area contributed by atoms with Gasteiger partial charge in [0, 0.05) is 49.8 Å². The lowest BCUT2D eigenvalue weighted by Gasteiger charge is -2.24. The standard InChI is InChI=1S/C31H34N6O5/c1-7-37-23-15-18(10-12-22(23)26(38)25(29(37)36(3)4)30(39)42-8-2)9-11-20-13-19(16-24(40-5)27(20)41-6)14-21-17-34-31(33)35-28(21)32/h10,12-13,15-17H,7-8,14H2,1-6H3,(H4,32,33,34,35). The van der Waals surface area contributed by atoms with Gasteiger partial charge in [-0.3, -0.25) is 4.79 Å². The van der Waals surface area contributed by atoms with Crippen LogP contribution in [-0.2, 0) is 17.7 Å². The molecule has 2 aromatic carbocycles. The van der Waals surface area contributed by atoms with Crippen LogP contribution in [0.1, 0.15) is 46.5 Å². The maximum absolute atomic E-state index is 13.5. The van der Waals surface area contributed by atoms with Crippen LogP contribution in [0, 0.1) is 11.8 Å². The molecule has 0 aliphatic carbocycles. The molecule has 0 amide bonds. The van der Waals surface area contributed by atoms with E-state index in [9.17, 15) is 9.59 Å². The Morgan fingerprint density at radius 1 is 1.07 bits per heavy atom. The lowest BCUT2D eigenvalue weighted by atomic mass is 10.0. The quantitative estimate of drug-likeness (QED) is 0.239. The second-order valence-corrected chi connectivity index (χ2v) is 9.56. The van der Waals surface area contributed by atoms with E-state index in [0.29, 0.717) is 63.7 Å². The third-order valence-corrected chi connectivity index (χ3v) is 6.65. The van der Waals surface area contributed by atoms with E-state index >= 15 is 0 Å². The molecule has 4 N–H and O–H groups in total. The van der Waals surface area contributed by atoms with E-state index in [1.165, 1.54) is 0 Å². The second-order valence-electron chi connectivity index (χ2n) is 9.56. The number of nitrogens with zero attached hydrogens (tertiary/aromatic N) is 4. The fraction of sp³-hybridized carbons (Fsp3) is 0.290. The monoisotopic (exact) mass is 570 g/mol. The van der Waals surface area contributed by atoms with Gasteiger partial charge in [-0.25, -0.2) is 9.78 Å². The molecular formula is C31H34N6O5. The number of aryl methyl sites for hydroxylation is 1. The number of benzene rings is 2. The van der Waals surface area contributed by atoms with Crippen LogP contribution in [0.4, 0.5) is 17.6 Å². The smallest absolute Gasteiger partial charge is 0.345 e. The fourth-order valence-corrected chi connectivity index (χ4v) is 4.83. The maximum atomic E-state index is 13.5. The molecule has 0 bridgehead atoms. The summed E-state index contributed by atoms with van der Waals surface area (Å²) in [5, 5.41) is 0.403. The van der Waals surface area contributed by atoms with Crippen LogP contribution in [0.2, 0.25) is 0 Å². The number of esters is 1. The number of rotatable bonds is 8. The van der Waals surface area contributed by atoms with Crippen molar-refractivity contribution in [3.05, 3.63) is 74.6 Å². The number of anilines is 3. The molecule has 42 heavy (non-hydrogen) atoms. The van der Waals surface area contributed by atoms with Crippen LogP contribution in [0.25, 0.3) is 10.9 Å². The van der Waals surface area contributed by atoms with Crippen LogP contribution in [0.3, 0.4) is 0 Å². The average molecular weight is 571 g/mol. The lowest BCUT2D eigenvalue weighted by molar-refractivity contribution is 0.0525. The summed E-state index contributed by atoms with van der Waals surface area (Å²) in [6, 6.07) is 9.02.